The van der Waals surface area contributed by atoms with E-state index in [4.69, 9.17) is 10.5 Å². The van der Waals surface area contributed by atoms with Crippen LogP contribution in [0.4, 0.5) is 11.4 Å². The van der Waals surface area contributed by atoms with E-state index < -0.39 is 4.92 Å². The first-order valence-electron chi connectivity index (χ1n) is 5.43. The minimum absolute atomic E-state index is 0.00247. The molecule has 0 aromatic heterocycles. The molecule has 0 aliphatic heterocycles. The molecular weight excluding hydrogens is 222 g/mol. The van der Waals surface area contributed by atoms with Crippen molar-refractivity contribution < 1.29 is 9.66 Å². The molecule has 1 aromatic carbocycles. The third kappa shape index (κ3) is 4.28. The molecule has 0 radical (unpaired) electrons. The first-order valence-corrected chi connectivity index (χ1v) is 5.43. The molecule has 0 saturated heterocycles. The minimum atomic E-state index is -0.444. The molecule has 6 heteroatoms. The van der Waals surface area contributed by atoms with Gasteiger partial charge in [0.2, 0.25) is 0 Å². The smallest absolute Gasteiger partial charge is 0.275 e. The van der Waals surface area contributed by atoms with Gasteiger partial charge in [-0.15, -0.1) is 0 Å². The molecule has 0 atom stereocenters. The molecule has 17 heavy (non-hydrogen) atoms. The Kier molecular flexibility index (Phi) is 4.71. The minimum Gasteiger partial charge on any atom is -0.491 e. The summed E-state index contributed by atoms with van der Waals surface area (Å²) in [6.07, 6.45) is -0.0284. The molecule has 3 N–H and O–H groups in total. The summed E-state index contributed by atoms with van der Waals surface area (Å²) >= 11 is 0. The number of nitro groups is 1. The summed E-state index contributed by atoms with van der Waals surface area (Å²) in [5.74, 6) is 0.480. The third-order valence-corrected chi connectivity index (χ3v) is 1.95. The Balaban J connectivity index is 2.96. The maximum absolute atomic E-state index is 10.8. The fourth-order valence-electron chi connectivity index (χ4n) is 1.35. The van der Waals surface area contributed by atoms with Crippen LogP contribution in [0, 0.1) is 10.1 Å². The van der Waals surface area contributed by atoms with Crippen LogP contribution in [0.3, 0.4) is 0 Å². The van der Waals surface area contributed by atoms with Crippen molar-refractivity contribution in [3.8, 4) is 5.75 Å². The predicted octanol–water partition coefficient (Wildman–Crippen LogP) is 1.75. The van der Waals surface area contributed by atoms with E-state index in [-0.39, 0.29) is 11.8 Å². The van der Waals surface area contributed by atoms with Crippen molar-refractivity contribution >= 4 is 11.4 Å². The van der Waals surface area contributed by atoms with Crippen LogP contribution in [0.15, 0.2) is 18.2 Å². The van der Waals surface area contributed by atoms with Gasteiger partial charge in [-0.1, -0.05) is 0 Å². The fraction of sp³-hybridized carbons (Fsp3) is 0.455. The molecule has 0 bridgehead atoms. The van der Waals surface area contributed by atoms with Crippen molar-refractivity contribution in [1.29, 1.82) is 0 Å². The lowest BCUT2D eigenvalue weighted by Gasteiger charge is -2.11. The zero-order valence-corrected chi connectivity index (χ0v) is 9.97. The molecule has 94 valence electrons. The Morgan fingerprint density at radius 3 is 2.71 bits per heavy atom. The zero-order chi connectivity index (χ0) is 12.8. The number of nitrogens with one attached hydrogen (secondary N) is 1. The number of ether oxygens (including phenoxy) is 1. The molecule has 0 aliphatic carbocycles. The van der Waals surface area contributed by atoms with Crippen LogP contribution < -0.4 is 15.8 Å². The summed E-state index contributed by atoms with van der Waals surface area (Å²) in [7, 11) is 0. The molecule has 1 rings (SSSR count). The van der Waals surface area contributed by atoms with Gasteiger partial charge in [0.1, 0.15) is 5.75 Å². The van der Waals surface area contributed by atoms with Crippen molar-refractivity contribution in [3.05, 3.63) is 28.3 Å². The number of nitrogens with zero attached hydrogens (tertiary/aromatic N) is 1. The topological polar surface area (TPSA) is 90.4 Å². The SMILES string of the molecule is CC(C)Oc1cc(NCCN)cc([N+](=O)[O-])c1. The molecule has 0 amide bonds. The van der Waals surface area contributed by atoms with Crippen molar-refractivity contribution in [2.75, 3.05) is 18.4 Å². The average Bonchev–Trinajstić information content (AvgIpc) is 2.25. The molecule has 0 fully saturated rings. The summed E-state index contributed by atoms with van der Waals surface area (Å²) in [6, 6.07) is 4.60. The lowest BCUT2D eigenvalue weighted by atomic mass is 10.2. The summed E-state index contributed by atoms with van der Waals surface area (Å²) in [5, 5.41) is 13.8. The predicted molar refractivity (Wildman–Crippen MR) is 66.4 cm³/mol. The van der Waals surface area contributed by atoms with Crippen LogP contribution in [0.25, 0.3) is 0 Å². The highest BCUT2D eigenvalue weighted by molar-refractivity contribution is 5.56. The van der Waals surface area contributed by atoms with Gasteiger partial charge in [-0.25, -0.2) is 0 Å². The maximum atomic E-state index is 10.8. The Bertz CT molecular complexity index is 394. The van der Waals surface area contributed by atoms with Crippen molar-refractivity contribution in [3.63, 3.8) is 0 Å². The number of nitro benzene ring substituents is 1. The van der Waals surface area contributed by atoms with Crippen LogP contribution in [-0.2, 0) is 0 Å². The van der Waals surface area contributed by atoms with Gasteiger partial charge < -0.3 is 15.8 Å². The lowest BCUT2D eigenvalue weighted by molar-refractivity contribution is -0.384. The summed E-state index contributed by atoms with van der Waals surface area (Å²) in [5.41, 5.74) is 6.01. The van der Waals surface area contributed by atoms with E-state index in [9.17, 15) is 10.1 Å². The second-order valence-corrected chi connectivity index (χ2v) is 3.85. The van der Waals surface area contributed by atoms with Gasteiger partial charge in [-0.2, -0.15) is 0 Å². The van der Waals surface area contributed by atoms with E-state index in [2.05, 4.69) is 5.32 Å². The molecule has 6 nitrogen and oxygen atoms in total. The average molecular weight is 239 g/mol. The lowest BCUT2D eigenvalue weighted by Crippen LogP contribution is -2.13. The first-order chi connectivity index (χ1) is 8.02. The normalized spacial score (nSPS) is 10.4. The van der Waals surface area contributed by atoms with Crippen LogP contribution in [-0.4, -0.2) is 24.1 Å². The standard InChI is InChI=1S/C11H17N3O3/c1-8(2)17-11-6-9(13-4-3-12)5-10(7-11)14(15)16/h5-8,13H,3-4,12H2,1-2H3. The Labute approximate surface area is 99.9 Å². The number of hydrogen-bond acceptors (Lipinski definition) is 5. The van der Waals surface area contributed by atoms with Gasteiger partial charge in [0, 0.05) is 30.9 Å². The molecule has 0 unspecified atom stereocenters. The fourth-order valence-corrected chi connectivity index (χ4v) is 1.35. The van der Waals surface area contributed by atoms with Gasteiger partial charge in [-0.05, 0) is 13.8 Å². The molecule has 0 spiro atoms. The largest absolute Gasteiger partial charge is 0.491 e. The van der Waals surface area contributed by atoms with Crippen LogP contribution >= 0.6 is 0 Å². The third-order valence-electron chi connectivity index (χ3n) is 1.95. The number of rotatable bonds is 6. The second-order valence-electron chi connectivity index (χ2n) is 3.85. The van der Waals surface area contributed by atoms with E-state index in [1.165, 1.54) is 12.1 Å². The van der Waals surface area contributed by atoms with Crippen LogP contribution in [0.5, 0.6) is 5.75 Å². The molecule has 0 aliphatic rings. The number of nitrogens with two attached hydrogens (primary N) is 1. The summed E-state index contributed by atoms with van der Waals surface area (Å²) in [4.78, 5) is 10.3. The highest BCUT2D eigenvalue weighted by atomic mass is 16.6. The zero-order valence-electron chi connectivity index (χ0n) is 9.97. The maximum Gasteiger partial charge on any atom is 0.275 e. The number of hydrogen-bond donors (Lipinski definition) is 2. The van der Waals surface area contributed by atoms with Crippen LogP contribution in [0.1, 0.15) is 13.8 Å². The van der Waals surface area contributed by atoms with Crippen molar-refractivity contribution in [2.45, 2.75) is 20.0 Å². The van der Waals surface area contributed by atoms with E-state index in [1.54, 1.807) is 6.07 Å². The Morgan fingerprint density at radius 2 is 2.18 bits per heavy atom. The van der Waals surface area contributed by atoms with E-state index in [1.807, 2.05) is 13.8 Å². The second kappa shape index (κ2) is 6.05. The highest BCUT2D eigenvalue weighted by Gasteiger charge is 2.11. The van der Waals surface area contributed by atoms with Gasteiger partial charge >= 0.3 is 0 Å². The Hall–Kier alpha value is -1.82. The molecule has 0 heterocycles. The first kappa shape index (κ1) is 13.2. The molecular formula is C11H17N3O3. The van der Waals surface area contributed by atoms with E-state index in [0.29, 0.717) is 24.5 Å². The van der Waals surface area contributed by atoms with Gasteiger partial charge in [0.25, 0.3) is 5.69 Å². The summed E-state index contributed by atoms with van der Waals surface area (Å²) in [6.45, 7) is 4.75. The van der Waals surface area contributed by atoms with Gasteiger partial charge in [-0.3, -0.25) is 10.1 Å². The monoisotopic (exact) mass is 239 g/mol. The highest BCUT2D eigenvalue weighted by Crippen LogP contribution is 2.26. The van der Waals surface area contributed by atoms with E-state index in [0.717, 1.165) is 0 Å². The van der Waals surface area contributed by atoms with Crippen molar-refractivity contribution in [2.24, 2.45) is 5.73 Å². The van der Waals surface area contributed by atoms with Crippen LogP contribution in [0.2, 0.25) is 0 Å². The number of anilines is 1. The molecule has 0 saturated carbocycles. The quantitative estimate of drug-likeness (QED) is 0.583. The molecule has 1 aromatic rings. The van der Waals surface area contributed by atoms with E-state index >= 15 is 0 Å². The number of non-ortho nitro benzene ring substituents is 1. The van der Waals surface area contributed by atoms with Crippen molar-refractivity contribution in [1.82, 2.24) is 0 Å². The summed E-state index contributed by atoms with van der Waals surface area (Å²) < 4.78 is 5.45. The van der Waals surface area contributed by atoms with Gasteiger partial charge in [0.15, 0.2) is 0 Å². The van der Waals surface area contributed by atoms with Gasteiger partial charge in [0.05, 0.1) is 17.1 Å². The Morgan fingerprint density at radius 1 is 1.47 bits per heavy atom. The number of benzene rings is 1.